The molecule has 122 valence electrons. The van der Waals surface area contributed by atoms with Gasteiger partial charge in [0.05, 0.1) is 23.3 Å². The van der Waals surface area contributed by atoms with Crippen molar-refractivity contribution in [3.05, 3.63) is 47.0 Å². The second kappa shape index (κ2) is 7.74. The molecule has 1 aromatic rings. The molecular formula is C15H14O8. The third kappa shape index (κ3) is 4.67. The standard InChI is InChI=1S/C15H14O8/c1-4-21-14(19)10-6-5-9(12(16)17)7-11(10)15(20)23-22-13(18)8(2)3/h5-7H,2,4H2,1,3H3,(H,16,17). The van der Waals surface area contributed by atoms with Crippen molar-refractivity contribution < 1.29 is 38.8 Å². The number of carbonyl (C=O) groups excluding carboxylic acids is 3. The van der Waals surface area contributed by atoms with E-state index < -0.39 is 29.4 Å². The predicted octanol–water partition coefficient (Wildman–Crippen LogP) is 1.75. The Bertz CT molecular complexity index is 674. The SMILES string of the molecule is C=C(C)C(=O)OOC(=O)c1cc(C(=O)O)ccc1C(=O)OCC. The van der Waals surface area contributed by atoms with Gasteiger partial charge in [0.15, 0.2) is 0 Å². The lowest BCUT2D eigenvalue weighted by Gasteiger charge is -2.09. The Morgan fingerprint density at radius 2 is 1.74 bits per heavy atom. The van der Waals surface area contributed by atoms with Crippen LogP contribution in [0.15, 0.2) is 30.4 Å². The summed E-state index contributed by atoms with van der Waals surface area (Å²) in [6.07, 6.45) is 0. The quantitative estimate of drug-likeness (QED) is 0.377. The van der Waals surface area contributed by atoms with Crippen LogP contribution in [0.3, 0.4) is 0 Å². The van der Waals surface area contributed by atoms with E-state index in [-0.39, 0.29) is 23.3 Å². The topological polar surface area (TPSA) is 116 Å². The minimum absolute atomic E-state index is 0.0114. The van der Waals surface area contributed by atoms with Gasteiger partial charge in [0, 0.05) is 5.57 Å². The Labute approximate surface area is 131 Å². The van der Waals surface area contributed by atoms with Gasteiger partial charge in [-0.1, -0.05) is 6.58 Å². The molecule has 1 N–H and O–H groups in total. The molecule has 0 spiro atoms. The normalized spacial score (nSPS) is 9.65. The molecule has 0 unspecified atom stereocenters. The van der Waals surface area contributed by atoms with Crippen LogP contribution in [0.1, 0.15) is 44.9 Å². The molecule has 0 saturated carbocycles. The Kier molecular flexibility index (Phi) is 6.02. The zero-order valence-electron chi connectivity index (χ0n) is 12.5. The van der Waals surface area contributed by atoms with E-state index in [0.717, 1.165) is 18.2 Å². The molecule has 0 atom stereocenters. The van der Waals surface area contributed by atoms with Crippen molar-refractivity contribution in [2.75, 3.05) is 6.61 Å². The zero-order chi connectivity index (χ0) is 17.6. The molecule has 0 aliphatic carbocycles. The molecule has 0 amide bonds. The van der Waals surface area contributed by atoms with Crippen LogP contribution >= 0.6 is 0 Å². The summed E-state index contributed by atoms with van der Waals surface area (Å²) in [6, 6.07) is 3.16. The number of esters is 1. The predicted molar refractivity (Wildman–Crippen MR) is 75.7 cm³/mol. The van der Waals surface area contributed by atoms with Gasteiger partial charge >= 0.3 is 23.9 Å². The first kappa shape index (κ1) is 17.9. The molecule has 0 bridgehead atoms. The number of benzene rings is 1. The lowest BCUT2D eigenvalue weighted by atomic mass is 10.0. The van der Waals surface area contributed by atoms with Gasteiger partial charge in [-0.15, -0.1) is 0 Å². The van der Waals surface area contributed by atoms with Gasteiger partial charge in [0.25, 0.3) is 0 Å². The van der Waals surface area contributed by atoms with Crippen molar-refractivity contribution >= 4 is 23.9 Å². The van der Waals surface area contributed by atoms with E-state index >= 15 is 0 Å². The summed E-state index contributed by atoms with van der Waals surface area (Å²) in [5, 5.41) is 8.95. The number of carbonyl (C=O) groups is 4. The monoisotopic (exact) mass is 322 g/mol. The fourth-order valence-electron chi connectivity index (χ4n) is 1.42. The number of rotatable bonds is 5. The molecule has 0 saturated heterocycles. The summed E-state index contributed by atoms with van der Waals surface area (Å²) < 4.78 is 4.77. The Hall–Kier alpha value is -3.16. The number of hydrogen-bond acceptors (Lipinski definition) is 7. The van der Waals surface area contributed by atoms with Crippen molar-refractivity contribution in [3.63, 3.8) is 0 Å². The van der Waals surface area contributed by atoms with Crippen LogP contribution in [0.2, 0.25) is 0 Å². The van der Waals surface area contributed by atoms with Crippen LogP contribution in [0.25, 0.3) is 0 Å². The molecule has 0 aliphatic heterocycles. The first-order valence-corrected chi connectivity index (χ1v) is 6.41. The van der Waals surface area contributed by atoms with Gasteiger partial charge in [0.2, 0.25) is 0 Å². The van der Waals surface area contributed by atoms with Crippen molar-refractivity contribution in [3.8, 4) is 0 Å². The van der Waals surface area contributed by atoms with E-state index in [1.807, 2.05) is 0 Å². The molecular weight excluding hydrogens is 308 g/mol. The van der Waals surface area contributed by atoms with Gasteiger partial charge in [-0.05, 0) is 32.0 Å². The van der Waals surface area contributed by atoms with Crippen molar-refractivity contribution in [1.82, 2.24) is 0 Å². The van der Waals surface area contributed by atoms with E-state index in [0.29, 0.717) is 0 Å². The molecule has 0 fully saturated rings. The van der Waals surface area contributed by atoms with E-state index in [1.54, 1.807) is 6.92 Å². The maximum absolute atomic E-state index is 11.9. The van der Waals surface area contributed by atoms with Crippen molar-refractivity contribution in [2.24, 2.45) is 0 Å². The van der Waals surface area contributed by atoms with Gasteiger partial charge in [-0.3, -0.25) is 0 Å². The summed E-state index contributed by atoms with van der Waals surface area (Å²) in [5.74, 6) is -4.35. The summed E-state index contributed by atoms with van der Waals surface area (Å²) >= 11 is 0. The van der Waals surface area contributed by atoms with Gasteiger partial charge in [-0.2, -0.15) is 0 Å². The second-order valence-corrected chi connectivity index (χ2v) is 4.31. The maximum atomic E-state index is 11.9. The number of ether oxygens (including phenoxy) is 1. The van der Waals surface area contributed by atoms with Crippen LogP contribution in [0.5, 0.6) is 0 Å². The third-order valence-corrected chi connectivity index (χ3v) is 2.52. The summed E-state index contributed by atoms with van der Waals surface area (Å²) in [6.45, 7) is 6.25. The molecule has 1 aromatic carbocycles. The van der Waals surface area contributed by atoms with E-state index in [2.05, 4.69) is 16.4 Å². The highest BCUT2D eigenvalue weighted by molar-refractivity contribution is 6.05. The van der Waals surface area contributed by atoms with Crippen LogP contribution < -0.4 is 0 Å². The van der Waals surface area contributed by atoms with Gasteiger partial charge < -0.3 is 9.84 Å². The Morgan fingerprint density at radius 1 is 1.09 bits per heavy atom. The lowest BCUT2D eigenvalue weighted by molar-refractivity contribution is -0.229. The first-order valence-electron chi connectivity index (χ1n) is 6.41. The van der Waals surface area contributed by atoms with Crippen LogP contribution in [0.4, 0.5) is 0 Å². The number of hydrogen-bond donors (Lipinski definition) is 1. The van der Waals surface area contributed by atoms with E-state index in [9.17, 15) is 19.2 Å². The lowest BCUT2D eigenvalue weighted by Crippen LogP contribution is -2.17. The van der Waals surface area contributed by atoms with Crippen molar-refractivity contribution in [1.29, 1.82) is 0 Å². The fourth-order valence-corrected chi connectivity index (χ4v) is 1.42. The smallest absolute Gasteiger partial charge is 0.387 e. The summed E-state index contributed by atoms with van der Waals surface area (Å²) in [4.78, 5) is 54.4. The molecule has 0 radical (unpaired) electrons. The highest BCUT2D eigenvalue weighted by Crippen LogP contribution is 2.16. The Balaban J connectivity index is 3.13. The molecule has 0 aliphatic rings. The Morgan fingerprint density at radius 3 is 2.26 bits per heavy atom. The minimum atomic E-state index is -1.31. The van der Waals surface area contributed by atoms with Crippen LogP contribution in [0, 0.1) is 0 Å². The van der Waals surface area contributed by atoms with E-state index in [1.165, 1.54) is 6.92 Å². The number of carboxylic acids is 1. The molecule has 0 heterocycles. The third-order valence-electron chi connectivity index (χ3n) is 2.52. The highest BCUT2D eigenvalue weighted by atomic mass is 17.2. The van der Waals surface area contributed by atoms with E-state index in [4.69, 9.17) is 9.84 Å². The minimum Gasteiger partial charge on any atom is -0.478 e. The maximum Gasteiger partial charge on any atom is 0.387 e. The average molecular weight is 322 g/mol. The van der Waals surface area contributed by atoms with Gasteiger partial charge in [-0.25, -0.2) is 29.0 Å². The second-order valence-electron chi connectivity index (χ2n) is 4.31. The first-order chi connectivity index (χ1) is 10.8. The molecule has 23 heavy (non-hydrogen) atoms. The summed E-state index contributed by atoms with van der Waals surface area (Å²) in [5.41, 5.74) is -0.884. The van der Waals surface area contributed by atoms with Crippen LogP contribution in [-0.2, 0) is 19.3 Å². The van der Waals surface area contributed by atoms with Gasteiger partial charge in [0.1, 0.15) is 0 Å². The molecule has 8 heteroatoms. The van der Waals surface area contributed by atoms with Crippen LogP contribution in [-0.4, -0.2) is 35.6 Å². The number of aromatic carboxylic acids is 1. The fraction of sp³-hybridized carbons (Fsp3) is 0.200. The molecule has 1 rings (SSSR count). The number of carboxylic acid groups (broad SMARTS) is 1. The zero-order valence-corrected chi connectivity index (χ0v) is 12.5. The average Bonchev–Trinajstić information content (AvgIpc) is 2.51. The molecule has 8 nitrogen and oxygen atoms in total. The van der Waals surface area contributed by atoms with Crippen molar-refractivity contribution in [2.45, 2.75) is 13.8 Å². The molecule has 0 aromatic heterocycles. The highest BCUT2D eigenvalue weighted by Gasteiger charge is 2.23. The summed E-state index contributed by atoms with van der Waals surface area (Å²) in [7, 11) is 0. The largest absolute Gasteiger partial charge is 0.478 e.